The van der Waals surface area contributed by atoms with Crippen molar-refractivity contribution in [3.05, 3.63) is 29.8 Å². The van der Waals surface area contributed by atoms with Crippen LogP contribution in [0.5, 0.6) is 0 Å². The van der Waals surface area contributed by atoms with Gasteiger partial charge in [-0.1, -0.05) is 25.0 Å². The zero-order valence-corrected chi connectivity index (χ0v) is 13.9. The minimum absolute atomic E-state index is 0.0995. The molecule has 2 N–H and O–H groups in total. The molecule has 1 amide bonds. The van der Waals surface area contributed by atoms with Crippen LogP contribution in [0.3, 0.4) is 0 Å². The molecule has 0 spiro atoms. The second kappa shape index (κ2) is 9.57. The van der Waals surface area contributed by atoms with E-state index >= 15 is 0 Å². The normalized spacial score (nSPS) is 14.8. The summed E-state index contributed by atoms with van der Waals surface area (Å²) < 4.78 is 5.60. The number of thioether (sulfide) groups is 1. The molecule has 1 aliphatic rings. The SMILES string of the molecule is O=C(O)CCSCc1cccc(NC(=O)COC2CCCC2)c1. The maximum absolute atomic E-state index is 11.9. The summed E-state index contributed by atoms with van der Waals surface area (Å²) in [7, 11) is 0. The van der Waals surface area contributed by atoms with Gasteiger partial charge in [0.05, 0.1) is 12.5 Å². The van der Waals surface area contributed by atoms with Crippen LogP contribution in [-0.2, 0) is 20.1 Å². The van der Waals surface area contributed by atoms with Crippen LogP contribution < -0.4 is 5.32 Å². The van der Waals surface area contributed by atoms with Crippen molar-refractivity contribution in [2.75, 3.05) is 17.7 Å². The molecule has 5 nitrogen and oxygen atoms in total. The molecule has 0 aromatic heterocycles. The average Bonchev–Trinajstić information content (AvgIpc) is 3.03. The third kappa shape index (κ3) is 7.05. The number of aliphatic carboxylic acids is 1. The number of hydrogen-bond donors (Lipinski definition) is 2. The second-order valence-electron chi connectivity index (χ2n) is 5.66. The number of carbonyl (C=O) groups is 2. The number of hydrogen-bond acceptors (Lipinski definition) is 4. The predicted molar refractivity (Wildman–Crippen MR) is 91.7 cm³/mol. The first-order valence-corrected chi connectivity index (χ1v) is 9.09. The molecule has 0 heterocycles. The minimum atomic E-state index is -0.777. The third-order valence-electron chi connectivity index (χ3n) is 3.69. The van der Waals surface area contributed by atoms with Crippen molar-refractivity contribution in [1.29, 1.82) is 0 Å². The Bertz CT molecular complexity index is 529. The van der Waals surface area contributed by atoms with Crippen LogP contribution >= 0.6 is 11.8 Å². The highest BCUT2D eigenvalue weighted by atomic mass is 32.2. The molecule has 6 heteroatoms. The number of ether oxygens (including phenoxy) is 1. The second-order valence-corrected chi connectivity index (χ2v) is 6.77. The molecular weight excluding hydrogens is 314 g/mol. The fourth-order valence-corrected chi connectivity index (χ4v) is 3.41. The van der Waals surface area contributed by atoms with E-state index in [1.165, 1.54) is 12.8 Å². The maximum Gasteiger partial charge on any atom is 0.304 e. The lowest BCUT2D eigenvalue weighted by atomic mass is 10.2. The lowest BCUT2D eigenvalue weighted by molar-refractivity contribution is -0.136. The van der Waals surface area contributed by atoms with Crippen molar-refractivity contribution in [3.8, 4) is 0 Å². The van der Waals surface area contributed by atoms with Crippen LogP contribution in [0.4, 0.5) is 5.69 Å². The van der Waals surface area contributed by atoms with Gasteiger partial charge in [-0.05, 0) is 30.5 Å². The molecule has 0 aliphatic heterocycles. The molecule has 0 atom stereocenters. The molecule has 1 fully saturated rings. The highest BCUT2D eigenvalue weighted by Crippen LogP contribution is 2.21. The van der Waals surface area contributed by atoms with Gasteiger partial charge in [0, 0.05) is 17.2 Å². The summed E-state index contributed by atoms with van der Waals surface area (Å²) in [5.74, 6) is 0.407. The summed E-state index contributed by atoms with van der Waals surface area (Å²) in [6.45, 7) is 0.0995. The van der Waals surface area contributed by atoms with E-state index < -0.39 is 5.97 Å². The molecule has 0 radical (unpaired) electrons. The zero-order chi connectivity index (χ0) is 16.5. The lowest BCUT2D eigenvalue weighted by Crippen LogP contribution is -2.21. The van der Waals surface area contributed by atoms with Crippen LogP contribution in [0, 0.1) is 0 Å². The number of benzene rings is 1. The Morgan fingerprint density at radius 2 is 2.09 bits per heavy atom. The van der Waals surface area contributed by atoms with E-state index in [4.69, 9.17) is 9.84 Å². The molecule has 2 rings (SSSR count). The summed E-state index contributed by atoms with van der Waals surface area (Å²) in [5.41, 5.74) is 1.82. The van der Waals surface area contributed by atoms with Crippen molar-refractivity contribution < 1.29 is 19.4 Å². The van der Waals surface area contributed by atoms with Crippen molar-refractivity contribution in [2.24, 2.45) is 0 Å². The molecule has 0 saturated heterocycles. The topological polar surface area (TPSA) is 75.6 Å². The Balaban J connectivity index is 1.72. The molecule has 0 bridgehead atoms. The van der Waals surface area contributed by atoms with E-state index in [1.54, 1.807) is 11.8 Å². The van der Waals surface area contributed by atoms with E-state index in [1.807, 2.05) is 24.3 Å². The van der Waals surface area contributed by atoms with Crippen LogP contribution in [-0.4, -0.2) is 35.4 Å². The van der Waals surface area contributed by atoms with Crippen LogP contribution in [0.1, 0.15) is 37.7 Å². The Morgan fingerprint density at radius 1 is 1.30 bits per heavy atom. The lowest BCUT2D eigenvalue weighted by Gasteiger charge is -2.11. The fraction of sp³-hybridized carbons (Fsp3) is 0.529. The summed E-state index contributed by atoms with van der Waals surface area (Å²) >= 11 is 1.57. The van der Waals surface area contributed by atoms with Gasteiger partial charge in [0.1, 0.15) is 6.61 Å². The predicted octanol–water partition coefficient (Wildman–Crippen LogP) is 3.29. The zero-order valence-electron chi connectivity index (χ0n) is 13.1. The van der Waals surface area contributed by atoms with Gasteiger partial charge in [-0.15, -0.1) is 0 Å². The van der Waals surface area contributed by atoms with Gasteiger partial charge in [0.25, 0.3) is 0 Å². The number of carboxylic acid groups (broad SMARTS) is 1. The molecule has 1 saturated carbocycles. The quantitative estimate of drug-likeness (QED) is 0.676. The Morgan fingerprint density at radius 3 is 2.83 bits per heavy atom. The van der Waals surface area contributed by atoms with Crippen molar-refractivity contribution >= 4 is 29.3 Å². The van der Waals surface area contributed by atoms with E-state index in [0.717, 1.165) is 29.8 Å². The summed E-state index contributed by atoms with van der Waals surface area (Å²) in [5, 5.41) is 11.5. The van der Waals surface area contributed by atoms with E-state index in [2.05, 4.69) is 5.32 Å². The number of carboxylic acids is 1. The third-order valence-corrected chi connectivity index (χ3v) is 4.72. The maximum atomic E-state index is 11.9. The summed E-state index contributed by atoms with van der Waals surface area (Å²) in [6.07, 6.45) is 4.88. The summed E-state index contributed by atoms with van der Waals surface area (Å²) in [4.78, 5) is 22.4. The fourth-order valence-electron chi connectivity index (χ4n) is 2.53. The minimum Gasteiger partial charge on any atom is -0.481 e. The molecule has 1 aliphatic carbocycles. The first-order chi connectivity index (χ1) is 11.1. The van der Waals surface area contributed by atoms with Gasteiger partial charge < -0.3 is 15.2 Å². The number of nitrogens with one attached hydrogen (secondary N) is 1. The first kappa shape index (κ1) is 17.8. The van der Waals surface area contributed by atoms with Crippen LogP contribution in [0.25, 0.3) is 0 Å². The van der Waals surface area contributed by atoms with E-state index in [0.29, 0.717) is 5.75 Å². The molecule has 1 aromatic carbocycles. The largest absolute Gasteiger partial charge is 0.481 e. The van der Waals surface area contributed by atoms with Crippen LogP contribution in [0.15, 0.2) is 24.3 Å². The van der Waals surface area contributed by atoms with Gasteiger partial charge in [-0.2, -0.15) is 11.8 Å². The molecule has 0 unspecified atom stereocenters. The Kier molecular flexibility index (Phi) is 7.42. The van der Waals surface area contributed by atoms with E-state index in [-0.39, 0.29) is 25.0 Å². The van der Waals surface area contributed by atoms with Crippen molar-refractivity contribution in [3.63, 3.8) is 0 Å². The number of rotatable bonds is 9. The average molecular weight is 337 g/mol. The molecule has 23 heavy (non-hydrogen) atoms. The highest BCUT2D eigenvalue weighted by molar-refractivity contribution is 7.98. The van der Waals surface area contributed by atoms with E-state index in [9.17, 15) is 9.59 Å². The van der Waals surface area contributed by atoms with Crippen molar-refractivity contribution in [2.45, 2.75) is 44.0 Å². The number of amides is 1. The van der Waals surface area contributed by atoms with Gasteiger partial charge >= 0.3 is 5.97 Å². The van der Waals surface area contributed by atoms with Gasteiger partial charge in [-0.3, -0.25) is 9.59 Å². The summed E-state index contributed by atoms with van der Waals surface area (Å²) in [6, 6.07) is 7.62. The van der Waals surface area contributed by atoms with Crippen LogP contribution in [0.2, 0.25) is 0 Å². The molecule has 126 valence electrons. The van der Waals surface area contributed by atoms with Crippen molar-refractivity contribution in [1.82, 2.24) is 0 Å². The molecular formula is C17H23NO4S. The smallest absolute Gasteiger partial charge is 0.304 e. The monoisotopic (exact) mass is 337 g/mol. The Labute approximate surface area is 140 Å². The first-order valence-electron chi connectivity index (χ1n) is 7.93. The van der Waals surface area contributed by atoms with Gasteiger partial charge in [0.15, 0.2) is 0 Å². The Hall–Kier alpha value is -1.53. The van der Waals surface area contributed by atoms with Gasteiger partial charge in [-0.25, -0.2) is 0 Å². The van der Waals surface area contributed by atoms with Gasteiger partial charge in [0.2, 0.25) is 5.91 Å². The molecule has 1 aromatic rings. The highest BCUT2D eigenvalue weighted by Gasteiger charge is 2.16. The number of carbonyl (C=O) groups excluding carboxylic acids is 1. The number of anilines is 1. The standard InChI is InChI=1S/C17H23NO4S/c19-16(11-22-15-6-1-2-7-15)18-14-5-3-4-13(10-14)12-23-9-8-17(20)21/h3-5,10,15H,1-2,6-9,11-12H2,(H,18,19)(H,20,21).